The summed E-state index contributed by atoms with van der Waals surface area (Å²) in [6.07, 6.45) is 0. The Kier molecular flexibility index (Phi) is 3.78. The van der Waals surface area contributed by atoms with E-state index in [4.69, 9.17) is 15.2 Å². The van der Waals surface area contributed by atoms with Crippen molar-refractivity contribution in [3.63, 3.8) is 0 Å². The van der Waals surface area contributed by atoms with Crippen LogP contribution in [0.5, 0.6) is 5.75 Å². The maximum Gasteiger partial charge on any atom is 0.229 e. The van der Waals surface area contributed by atoms with Crippen molar-refractivity contribution in [3.05, 3.63) is 88.0 Å². The fourth-order valence-corrected chi connectivity index (χ4v) is 3.46. The first kappa shape index (κ1) is 16.6. The van der Waals surface area contributed by atoms with Gasteiger partial charge in [0.25, 0.3) is 0 Å². The molecule has 2 N–H and O–H groups in total. The van der Waals surface area contributed by atoms with E-state index in [0.29, 0.717) is 11.3 Å². The molecule has 6 heteroatoms. The lowest BCUT2D eigenvalue weighted by atomic mass is 9.75. The first-order valence-corrected chi connectivity index (χ1v) is 8.21. The molecular weight excluding hydrogens is 344 g/mol. The number of carbonyl (C=O) groups is 2. The molecule has 4 rings (SSSR count). The Balaban J connectivity index is 1.97. The maximum atomic E-state index is 13.2. The predicted molar refractivity (Wildman–Crippen MR) is 95.8 cm³/mol. The van der Waals surface area contributed by atoms with Crippen molar-refractivity contribution >= 4 is 11.6 Å². The minimum atomic E-state index is -0.807. The van der Waals surface area contributed by atoms with Gasteiger partial charge in [0.15, 0.2) is 11.5 Å². The van der Waals surface area contributed by atoms with Gasteiger partial charge in [-0.15, -0.1) is 0 Å². The van der Waals surface area contributed by atoms with Crippen molar-refractivity contribution in [2.75, 3.05) is 7.11 Å². The lowest BCUT2D eigenvalue weighted by molar-refractivity contribution is 0.0897. The highest BCUT2D eigenvalue weighted by Crippen LogP contribution is 2.44. The Morgan fingerprint density at radius 2 is 1.78 bits per heavy atom. The van der Waals surface area contributed by atoms with E-state index in [1.807, 2.05) is 6.07 Å². The number of rotatable bonds is 2. The third-order valence-corrected chi connectivity index (χ3v) is 4.71. The van der Waals surface area contributed by atoms with Gasteiger partial charge in [0.05, 0.1) is 18.6 Å². The molecule has 0 bridgehead atoms. The van der Waals surface area contributed by atoms with E-state index in [0.717, 1.165) is 0 Å². The van der Waals surface area contributed by atoms with Gasteiger partial charge in [-0.2, -0.15) is 5.26 Å². The van der Waals surface area contributed by atoms with Gasteiger partial charge >= 0.3 is 0 Å². The van der Waals surface area contributed by atoms with Crippen LogP contribution in [0.25, 0.3) is 0 Å². The third kappa shape index (κ3) is 2.41. The Bertz CT molecular complexity index is 1110. The zero-order valence-electron chi connectivity index (χ0n) is 14.4. The van der Waals surface area contributed by atoms with Crippen LogP contribution in [0.4, 0.5) is 0 Å². The van der Waals surface area contributed by atoms with Gasteiger partial charge in [0.1, 0.15) is 17.4 Å². The number of methoxy groups -OCH3 is 1. The van der Waals surface area contributed by atoms with E-state index in [1.54, 1.807) is 48.5 Å². The number of hydrogen-bond acceptors (Lipinski definition) is 6. The van der Waals surface area contributed by atoms with E-state index in [9.17, 15) is 14.9 Å². The topological polar surface area (TPSA) is 102 Å². The van der Waals surface area contributed by atoms with Gasteiger partial charge in [-0.25, -0.2) is 0 Å². The molecule has 27 heavy (non-hydrogen) atoms. The second-order valence-electron chi connectivity index (χ2n) is 6.15. The monoisotopic (exact) mass is 358 g/mol. The second-order valence-corrected chi connectivity index (χ2v) is 6.15. The molecule has 1 heterocycles. The summed E-state index contributed by atoms with van der Waals surface area (Å²) >= 11 is 0. The van der Waals surface area contributed by atoms with Crippen LogP contribution in [0.1, 0.15) is 32.2 Å². The fraction of sp³-hybridized carbons (Fsp3) is 0.0952. The largest absolute Gasteiger partial charge is 0.497 e. The van der Waals surface area contributed by atoms with Crippen LogP contribution in [0.3, 0.4) is 0 Å². The summed E-state index contributed by atoms with van der Waals surface area (Å²) in [5.41, 5.74) is 7.30. The molecule has 2 aromatic rings. The molecule has 132 valence electrons. The average Bonchev–Trinajstić information content (AvgIpc) is 2.71. The highest BCUT2D eigenvalue weighted by Gasteiger charge is 2.43. The maximum absolute atomic E-state index is 13.2. The number of nitriles is 1. The van der Waals surface area contributed by atoms with Gasteiger partial charge in [-0.05, 0) is 17.7 Å². The van der Waals surface area contributed by atoms with Gasteiger partial charge in [-0.3, -0.25) is 9.59 Å². The Hall–Kier alpha value is -3.85. The number of ketones is 2. The SMILES string of the molecule is COc1cccc([C@H]2C(C#N)=C(N)OC3=C2C(=O)c2ccccc2C3=O)c1. The van der Waals surface area contributed by atoms with E-state index in [-0.39, 0.29) is 39.7 Å². The van der Waals surface area contributed by atoms with Crippen LogP contribution in [0, 0.1) is 11.3 Å². The predicted octanol–water partition coefficient (Wildman–Crippen LogP) is 2.84. The normalized spacial score (nSPS) is 18.4. The Morgan fingerprint density at radius 3 is 2.44 bits per heavy atom. The molecule has 2 aromatic carbocycles. The van der Waals surface area contributed by atoms with Crippen molar-refractivity contribution in [3.8, 4) is 11.8 Å². The van der Waals surface area contributed by atoms with Crippen molar-refractivity contribution in [1.29, 1.82) is 5.26 Å². The van der Waals surface area contributed by atoms with E-state index >= 15 is 0 Å². The van der Waals surface area contributed by atoms with Crippen LogP contribution in [-0.4, -0.2) is 18.7 Å². The first-order chi connectivity index (χ1) is 13.1. The van der Waals surface area contributed by atoms with E-state index < -0.39 is 11.7 Å². The zero-order chi connectivity index (χ0) is 19.1. The minimum absolute atomic E-state index is 0.0857. The molecule has 1 aliphatic heterocycles. The number of nitrogens with zero attached hydrogens (tertiary/aromatic N) is 1. The van der Waals surface area contributed by atoms with Crippen LogP contribution >= 0.6 is 0 Å². The lowest BCUT2D eigenvalue weighted by Crippen LogP contribution is -2.32. The van der Waals surface area contributed by atoms with Crippen LogP contribution in [-0.2, 0) is 4.74 Å². The van der Waals surface area contributed by atoms with Gasteiger partial charge in [0, 0.05) is 11.1 Å². The molecular formula is C21H14N2O4. The van der Waals surface area contributed by atoms with Crippen LogP contribution in [0.2, 0.25) is 0 Å². The minimum Gasteiger partial charge on any atom is -0.497 e. The molecule has 0 unspecified atom stereocenters. The molecule has 0 fully saturated rings. The van der Waals surface area contributed by atoms with Gasteiger partial charge < -0.3 is 15.2 Å². The Labute approximate surface area is 155 Å². The number of fused-ring (bicyclic) bond motifs is 1. The van der Waals surface area contributed by atoms with E-state index in [1.165, 1.54) is 7.11 Å². The molecule has 0 aromatic heterocycles. The van der Waals surface area contributed by atoms with Gasteiger partial charge in [-0.1, -0.05) is 36.4 Å². The summed E-state index contributed by atoms with van der Waals surface area (Å²) in [6, 6.07) is 15.5. The lowest BCUT2D eigenvalue weighted by Gasteiger charge is -2.31. The van der Waals surface area contributed by atoms with Crippen molar-refractivity contribution in [1.82, 2.24) is 0 Å². The summed E-state index contributed by atoms with van der Waals surface area (Å²) in [4.78, 5) is 26.1. The standard InChI is InChI=1S/C21H14N2O4/c1-26-12-6-4-5-11(9-12)16-15(10-22)21(23)27-20-17(16)18(24)13-7-2-3-8-14(13)19(20)25/h2-9,16H,23H2,1H3/t16-/m0/s1. The highest BCUT2D eigenvalue weighted by atomic mass is 16.5. The van der Waals surface area contributed by atoms with E-state index in [2.05, 4.69) is 0 Å². The summed E-state index contributed by atoms with van der Waals surface area (Å²) in [5.74, 6) is -1.32. The summed E-state index contributed by atoms with van der Waals surface area (Å²) < 4.78 is 10.7. The smallest absolute Gasteiger partial charge is 0.229 e. The second kappa shape index (κ2) is 6.15. The third-order valence-electron chi connectivity index (χ3n) is 4.71. The van der Waals surface area contributed by atoms with Gasteiger partial charge in [0.2, 0.25) is 11.7 Å². The van der Waals surface area contributed by atoms with Crippen LogP contribution < -0.4 is 10.5 Å². The fourth-order valence-electron chi connectivity index (χ4n) is 3.46. The summed E-state index contributed by atoms with van der Waals surface area (Å²) in [5, 5.41) is 9.64. The number of Topliss-reactive ketones (excluding diaryl/α,β-unsaturated/α-hetero) is 2. The first-order valence-electron chi connectivity index (χ1n) is 8.21. The van der Waals surface area contributed by atoms with Crippen molar-refractivity contribution in [2.45, 2.75) is 5.92 Å². The number of nitrogens with two attached hydrogens (primary N) is 1. The molecule has 0 amide bonds. The van der Waals surface area contributed by atoms with Crippen molar-refractivity contribution < 1.29 is 19.1 Å². The molecule has 0 radical (unpaired) electrons. The molecule has 0 saturated carbocycles. The number of allylic oxidation sites excluding steroid dienone is 3. The molecule has 1 aliphatic carbocycles. The summed E-state index contributed by atoms with van der Waals surface area (Å²) in [7, 11) is 1.52. The molecule has 0 spiro atoms. The van der Waals surface area contributed by atoms with Crippen molar-refractivity contribution in [2.24, 2.45) is 5.73 Å². The number of hydrogen-bond donors (Lipinski definition) is 1. The van der Waals surface area contributed by atoms with Crippen LogP contribution in [0.15, 0.2) is 71.3 Å². The number of ether oxygens (including phenoxy) is 2. The molecule has 6 nitrogen and oxygen atoms in total. The quantitative estimate of drug-likeness (QED) is 0.885. The average molecular weight is 358 g/mol. The molecule has 1 atom stereocenters. The highest BCUT2D eigenvalue weighted by molar-refractivity contribution is 6.27. The summed E-state index contributed by atoms with van der Waals surface area (Å²) in [6.45, 7) is 0. The Morgan fingerprint density at radius 1 is 1.07 bits per heavy atom. The molecule has 2 aliphatic rings. The number of benzene rings is 2. The number of carbonyl (C=O) groups excluding carboxylic acids is 2. The molecule has 0 saturated heterocycles. The zero-order valence-corrected chi connectivity index (χ0v) is 14.4.